The third-order valence-corrected chi connectivity index (χ3v) is 5.76. The first-order valence-electron chi connectivity index (χ1n) is 9.48. The van der Waals surface area contributed by atoms with Gasteiger partial charge in [-0.05, 0) is 37.7 Å². The third kappa shape index (κ3) is 3.32. The number of hydrogen-bond donors (Lipinski definition) is 1. The Balaban J connectivity index is 1.67. The Morgan fingerprint density at radius 2 is 1.88 bits per heavy atom. The highest BCUT2D eigenvalue weighted by molar-refractivity contribution is 6.09. The highest BCUT2D eigenvalue weighted by Gasteiger charge is 2.49. The van der Waals surface area contributed by atoms with Crippen molar-refractivity contribution in [1.82, 2.24) is 15.1 Å². The van der Waals surface area contributed by atoms with Crippen LogP contribution >= 0.6 is 0 Å². The van der Waals surface area contributed by atoms with Crippen molar-refractivity contribution in [1.29, 1.82) is 0 Å². The molecule has 140 valence electrons. The molecule has 2 heterocycles. The van der Waals surface area contributed by atoms with E-state index < -0.39 is 11.6 Å². The predicted molar refractivity (Wildman–Crippen MR) is 98.4 cm³/mol. The van der Waals surface area contributed by atoms with Crippen LogP contribution in [0.5, 0.6) is 0 Å². The number of rotatable bonds is 6. The molecule has 2 fully saturated rings. The van der Waals surface area contributed by atoms with Gasteiger partial charge in [0.15, 0.2) is 0 Å². The second-order valence-electron chi connectivity index (χ2n) is 7.18. The highest BCUT2D eigenvalue weighted by atomic mass is 16.2. The lowest BCUT2D eigenvalue weighted by atomic mass is 9.93. The number of urea groups is 1. The van der Waals surface area contributed by atoms with E-state index in [4.69, 9.17) is 0 Å². The lowest BCUT2D eigenvalue weighted by Crippen LogP contribution is -2.48. The van der Waals surface area contributed by atoms with Crippen molar-refractivity contribution < 1.29 is 14.4 Å². The van der Waals surface area contributed by atoms with E-state index in [0.29, 0.717) is 19.4 Å². The predicted octanol–water partition coefficient (Wildman–Crippen LogP) is 2.33. The van der Waals surface area contributed by atoms with Crippen molar-refractivity contribution in [2.75, 3.05) is 13.1 Å². The Labute approximate surface area is 154 Å². The van der Waals surface area contributed by atoms with Gasteiger partial charge < -0.3 is 10.2 Å². The quantitative estimate of drug-likeness (QED) is 0.795. The second kappa shape index (κ2) is 7.48. The van der Waals surface area contributed by atoms with Crippen LogP contribution in [0.1, 0.15) is 45.1 Å². The number of nitrogens with one attached hydrogen (secondary N) is 1. The minimum Gasteiger partial charge on any atom is -0.338 e. The minimum absolute atomic E-state index is 0.132. The van der Waals surface area contributed by atoms with Gasteiger partial charge in [0.25, 0.3) is 5.91 Å². The van der Waals surface area contributed by atoms with Crippen molar-refractivity contribution in [2.24, 2.45) is 0 Å². The molecule has 1 N–H and O–H groups in total. The van der Waals surface area contributed by atoms with Gasteiger partial charge >= 0.3 is 6.03 Å². The van der Waals surface area contributed by atoms with E-state index >= 15 is 0 Å². The molecular weight excluding hydrogens is 330 g/mol. The molecule has 26 heavy (non-hydrogen) atoms. The lowest BCUT2D eigenvalue weighted by molar-refractivity contribution is -0.139. The Kier molecular flexibility index (Phi) is 5.30. The maximum absolute atomic E-state index is 12.8. The molecule has 1 unspecified atom stereocenters. The van der Waals surface area contributed by atoms with Crippen LogP contribution < -0.4 is 5.32 Å². The van der Waals surface area contributed by atoms with Crippen LogP contribution in [0.25, 0.3) is 0 Å². The fourth-order valence-electron chi connectivity index (χ4n) is 4.04. The summed E-state index contributed by atoms with van der Waals surface area (Å²) in [6.45, 7) is 4.27. The topological polar surface area (TPSA) is 69.7 Å². The van der Waals surface area contributed by atoms with Gasteiger partial charge in [-0.15, -0.1) is 0 Å². The fraction of sp³-hybridized carbons (Fsp3) is 0.550. The first kappa shape index (κ1) is 18.4. The zero-order valence-electron chi connectivity index (χ0n) is 15.5. The molecule has 6 heteroatoms. The SMILES string of the molecule is CCC1(CC)NC(=O)N(CC(=O)N2CCCC2Cc2ccccc2)C1=O. The number of benzene rings is 1. The van der Waals surface area contributed by atoms with Gasteiger partial charge in [0.1, 0.15) is 12.1 Å². The first-order valence-corrected chi connectivity index (χ1v) is 9.48. The van der Waals surface area contributed by atoms with E-state index in [1.54, 1.807) is 0 Å². The zero-order valence-corrected chi connectivity index (χ0v) is 15.5. The van der Waals surface area contributed by atoms with E-state index in [1.165, 1.54) is 5.56 Å². The van der Waals surface area contributed by atoms with E-state index in [-0.39, 0.29) is 24.4 Å². The minimum atomic E-state index is -0.855. The molecule has 0 aromatic heterocycles. The average molecular weight is 357 g/mol. The van der Waals surface area contributed by atoms with Crippen LogP contribution in [0, 0.1) is 0 Å². The summed E-state index contributed by atoms with van der Waals surface area (Å²) in [6, 6.07) is 9.78. The summed E-state index contributed by atoms with van der Waals surface area (Å²) >= 11 is 0. The van der Waals surface area contributed by atoms with Crippen LogP contribution in [0.3, 0.4) is 0 Å². The van der Waals surface area contributed by atoms with Crippen molar-refractivity contribution in [3.05, 3.63) is 35.9 Å². The summed E-state index contributed by atoms with van der Waals surface area (Å²) in [5.41, 5.74) is 0.342. The third-order valence-electron chi connectivity index (χ3n) is 5.76. The molecule has 2 aliphatic heterocycles. The normalized spacial score (nSPS) is 22.0. The lowest BCUT2D eigenvalue weighted by Gasteiger charge is -2.27. The molecule has 1 aromatic carbocycles. The molecule has 0 aliphatic carbocycles. The molecule has 0 saturated carbocycles. The van der Waals surface area contributed by atoms with Crippen LogP contribution in [0.15, 0.2) is 30.3 Å². The monoisotopic (exact) mass is 357 g/mol. The van der Waals surface area contributed by atoms with Gasteiger partial charge in [-0.3, -0.25) is 14.5 Å². The van der Waals surface area contributed by atoms with Crippen molar-refractivity contribution >= 4 is 17.8 Å². The number of carbonyl (C=O) groups is 3. The van der Waals surface area contributed by atoms with E-state index in [2.05, 4.69) is 17.4 Å². The molecular formula is C20H27N3O3. The van der Waals surface area contributed by atoms with Gasteiger partial charge in [-0.2, -0.15) is 0 Å². The fourth-order valence-corrected chi connectivity index (χ4v) is 4.04. The number of nitrogens with zero attached hydrogens (tertiary/aromatic N) is 2. The molecule has 0 spiro atoms. The summed E-state index contributed by atoms with van der Waals surface area (Å²) < 4.78 is 0. The standard InChI is InChI=1S/C20H27N3O3/c1-3-20(4-2)18(25)23(19(26)21-20)14-17(24)22-12-8-11-16(22)13-15-9-6-5-7-10-15/h5-7,9-10,16H,3-4,8,11-14H2,1-2H3,(H,21,26). The zero-order chi connectivity index (χ0) is 18.7. The smallest absolute Gasteiger partial charge is 0.325 e. The van der Waals surface area contributed by atoms with Gasteiger partial charge in [0.05, 0.1) is 0 Å². The molecule has 0 radical (unpaired) electrons. The molecule has 2 aliphatic rings. The summed E-state index contributed by atoms with van der Waals surface area (Å²) in [5, 5.41) is 2.78. The van der Waals surface area contributed by atoms with Crippen LogP contribution in [-0.4, -0.2) is 52.3 Å². The van der Waals surface area contributed by atoms with Crippen LogP contribution in [-0.2, 0) is 16.0 Å². The van der Waals surface area contributed by atoms with Crippen molar-refractivity contribution in [2.45, 2.75) is 57.5 Å². The molecule has 3 rings (SSSR count). The van der Waals surface area contributed by atoms with Crippen LogP contribution in [0.4, 0.5) is 4.79 Å². The molecule has 1 aromatic rings. The second-order valence-corrected chi connectivity index (χ2v) is 7.18. The molecule has 0 bridgehead atoms. The largest absolute Gasteiger partial charge is 0.338 e. The molecule has 4 amide bonds. The number of imide groups is 1. The average Bonchev–Trinajstić information content (AvgIpc) is 3.20. The molecule has 2 saturated heterocycles. The Bertz CT molecular complexity index is 685. The maximum Gasteiger partial charge on any atom is 0.325 e. The Hall–Kier alpha value is -2.37. The molecule has 1 atom stereocenters. The molecule has 6 nitrogen and oxygen atoms in total. The van der Waals surface area contributed by atoms with E-state index in [0.717, 1.165) is 24.2 Å². The summed E-state index contributed by atoms with van der Waals surface area (Å²) in [4.78, 5) is 40.7. The van der Waals surface area contributed by atoms with Gasteiger partial charge in [0.2, 0.25) is 5.91 Å². The summed E-state index contributed by atoms with van der Waals surface area (Å²) in [7, 11) is 0. The summed E-state index contributed by atoms with van der Waals surface area (Å²) in [6.07, 6.45) is 3.77. The highest BCUT2D eigenvalue weighted by Crippen LogP contribution is 2.26. The Morgan fingerprint density at radius 3 is 2.50 bits per heavy atom. The van der Waals surface area contributed by atoms with Crippen molar-refractivity contribution in [3.8, 4) is 0 Å². The number of hydrogen-bond acceptors (Lipinski definition) is 3. The number of likely N-dealkylation sites (tertiary alicyclic amines) is 1. The van der Waals surface area contributed by atoms with Gasteiger partial charge in [-0.25, -0.2) is 4.79 Å². The van der Waals surface area contributed by atoms with Crippen LogP contribution in [0.2, 0.25) is 0 Å². The maximum atomic E-state index is 12.8. The van der Waals surface area contributed by atoms with Gasteiger partial charge in [-0.1, -0.05) is 44.2 Å². The first-order chi connectivity index (χ1) is 12.5. The van der Waals surface area contributed by atoms with Crippen molar-refractivity contribution in [3.63, 3.8) is 0 Å². The van der Waals surface area contributed by atoms with Gasteiger partial charge in [0, 0.05) is 12.6 Å². The number of carbonyl (C=O) groups excluding carboxylic acids is 3. The number of amides is 4. The van der Waals surface area contributed by atoms with E-state index in [9.17, 15) is 14.4 Å². The summed E-state index contributed by atoms with van der Waals surface area (Å²) in [5.74, 6) is -0.422. The van der Waals surface area contributed by atoms with E-state index in [1.807, 2.05) is 36.9 Å². The Morgan fingerprint density at radius 1 is 1.19 bits per heavy atom.